The zero-order valence-electron chi connectivity index (χ0n) is 17.1. The number of carbonyl (C=O) groups is 1. The second-order valence-corrected chi connectivity index (χ2v) is 6.62. The number of nitrogens with one attached hydrogen (secondary N) is 1. The standard InChI is InChI=1S/C20H24F2N6O2/c1-4-27(5-2)10-11-30-15-8-6-14(7-9-15)24-19(29)18-25-20-23-13(3)12-16(17(21)22)28(20)26-18/h6-9,12,17H,4-5,10-11H2,1-3H3,(H,24,29). The SMILES string of the molecule is CCN(CC)CCOc1ccc(NC(=O)c2nc3nc(C)cc(C(F)F)n3n2)cc1. The number of aromatic nitrogens is 4. The van der Waals surface area contributed by atoms with Crippen molar-refractivity contribution in [1.82, 2.24) is 24.5 Å². The van der Waals surface area contributed by atoms with E-state index in [1.807, 2.05) is 0 Å². The number of likely N-dealkylation sites (N-methyl/N-ethyl adjacent to an activating group) is 1. The van der Waals surface area contributed by atoms with Crippen molar-refractivity contribution in [2.24, 2.45) is 0 Å². The summed E-state index contributed by atoms with van der Waals surface area (Å²) in [4.78, 5) is 22.7. The molecule has 1 aromatic carbocycles. The average Bonchev–Trinajstić information content (AvgIpc) is 3.15. The molecule has 1 N–H and O–H groups in total. The Balaban J connectivity index is 1.65. The molecule has 1 amide bonds. The van der Waals surface area contributed by atoms with Crippen LogP contribution < -0.4 is 10.1 Å². The van der Waals surface area contributed by atoms with Gasteiger partial charge in [-0.15, -0.1) is 5.10 Å². The van der Waals surface area contributed by atoms with Crippen molar-refractivity contribution in [3.05, 3.63) is 47.5 Å². The number of hydrogen-bond acceptors (Lipinski definition) is 6. The molecule has 0 aliphatic heterocycles. The highest BCUT2D eigenvalue weighted by Gasteiger charge is 2.20. The van der Waals surface area contributed by atoms with Crippen LogP contribution in [0.4, 0.5) is 14.5 Å². The van der Waals surface area contributed by atoms with Crippen LogP contribution >= 0.6 is 0 Å². The number of hydrogen-bond donors (Lipinski definition) is 1. The summed E-state index contributed by atoms with van der Waals surface area (Å²) in [5, 5.41) is 6.53. The van der Waals surface area contributed by atoms with Crippen molar-refractivity contribution in [2.75, 3.05) is 31.6 Å². The van der Waals surface area contributed by atoms with Gasteiger partial charge in [0, 0.05) is 17.9 Å². The topological polar surface area (TPSA) is 84.6 Å². The molecule has 0 saturated carbocycles. The third-order valence-corrected chi connectivity index (χ3v) is 4.58. The maximum Gasteiger partial charge on any atom is 0.295 e. The van der Waals surface area contributed by atoms with Gasteiger partial charge < -0.3 is 15.0 Å². The monoisotopic (exact) mass is 418 g/mol. The van der Waals surface area contributed by atoms with Gasteiger partial charge in [0.15, 0.2) is 0 Å². The van der Waals surface area contributed by atoms with Crippen LogP contribution in [0.3, 0.4) is 0 Å². The first-order valence-corrected chi connectivity index (χ1v) is 9.70. The van der Waals surface area contributed by atoms with Crippen molar-refractivity contribution < 1.29 is 18.3 Å². The molecule has 3 rings (SSSR count). The van der Waals surface area contributed by atoms with Gasteiger partial charge in [0.25, 0.3) is 18.1 Å². The quantitative estimate of drug-likeness (QED) is 0.574. The molecule has 0 bridgehead atoms. The van der Waals surface area contributed by atoms with Crippen LogP contribution in [0.1, 0.15) is 42.3 Å². The van der Waals surface area contributed by atoms with Gasteiger partial charge in [0.2, 0.25) is 5.82 Å². The number of alkyl halides is 2. The highest BCUT2D eigenvalue weighted by molar-refractivity contribution is 6.01. The third-order valence-electron chi connectivity index (χ3n) is 4.58. The maximum atomic E-state index is 13.2. The average molecular weight is 418 g/mol. The van der Waals surface area contributed by atoms with E-state index in [0.717, 1.165) is 24.1 Å². The molecule has 30 heavy (non-hydrogen) atoms. The zero-order chi connectivity index (χ0) is 21.7. The first-order valence-electron chi connectivity index (χ1n) is 9.70. The van der Waals surface area contributed by atoms with Gasteiger partial charge in [-0.2, -0.15) is 9.50 Å². The molecule has 0 fully saturated rings. The first kappa shape index (κ1) is 21.6. The lowest BCUT2D eigenvalue weighted by Gasteiger charge is -2.18. The molecule has 0 atom stereocenters. The summed E-state index contributed by atoms with van der Waals surface area (Å²) in [5.74, 6) is -0.220. The van der Waals surface area contributed by atoms with Crippen molar-refractivity contribution in [2.45, 2.75) is 27.2 Å². The van der Waals surface area contributed by atoms with E-state index < -0.39 is 12.3 Å². The Hall–Kier alpha value is -3.14. The lowest BCUT2D eigenvalue weighted by Crippen LogP contribution is -2.27. The van der Waals surface area contributed by atoms with Gasteiger partial charge >= 0.3 is 0 Å². The van der Waals surface area contributed by atoms with Crippen molar-refractivity contribution >= 4 is 17.4 Å². The molecular formula is C20H24F2N6O2. The van der Waals surface area contributed by atoms with Crippen LogP contribution in [0.5, 0.6) is 5.75 Å². The summed E-state index contributed by atoms with van der Waals surface area (Å²) < 4.78 is 33.0. The summed E-state index contributed by atoms with van der Waals surface area (Å²) >= 11 is 0. The number of amides is 1. The van der Waals surface area contributed by atoms with Crippen LogP contribution in [0.15, 0.2) is 30.3 Å². The normalized spacial score (nSPS) is 11.4. The van der Waals surface area contributed by atoms with Crippen molar-refractivity contribution in [3.63, 3.8) is 0 Å². The third kappa shape index (κ3) is 5.07. The molecule has 0 aliphatic rings. The highest BCUT2D eigenvalue weighted by atomic mass is 19.3. The van der Waals surface area contributed by atoms with E-state index in [1.54, 1.807) is 31.2 Å². The van der Waals surface area contributed by atoms with Crippen LogP contribution in [0.2, 0.25) is 0 Å². The highest BCUT2D eigenvalue weighted by Crippen LogP contribution is 2.20. The fraction of sp³-hybridized carbons (Fsp3) is 0.400. The van der Waals surface area contributed by atoms with E-state index in [9.17, 15) is 13.6 Å². The van der Waals surface area contributed by atoms with E-state index in [1.165, 1.54) is 6.07 Å². The number of nitrogens with zero attached hydrogens (tertiary/aromatic N) is 5. The van der Waals surface area contributed by atoms with Gasteiger partial charge in [0.1, 0.15) is 18.1 Å². The van der Waals surface area contributed by atoms with Crippen LogP contribution in [0.25, 0.3) is 5.78 Å². The fourth-order valence-corrected chi connectivity index (χ4v) is 2.92. The molecule has 2 heterocycles. The van der Waals surface area contributed by atoms with Gasteiger partial charge in [-0.1, -0.05) is 13.8 Å². The molecule has 3 aromatic rings. The molecule has 0 spiro atoms. The Bertz CT molecular complexity index is 1000. The second-order valence-electron chi connectivity index (χ2n) is 6.62. The number of fused-ring (bicyclic) bond motifs is 1. The van der Waals surface area contributed by atoms with E-state index in [-0.39, 0.29) is 17.3 Å². The minimum absolute atomic E-state index is 0.0487. The van der Waals surface area contributed by atoms with Crippen LogP contribution in [0, 0.1) is 6.92 Å². The van der Waals surface area contributed by atoms with Gasteiger partial charge in [-0.25, -0.2) is 13.8 Å². The summed E-state index contributed by atoms with van der Waals surface area (Å²) in [7, 11) is 0. The molecule has 8 nitrogen and oxygen atoms in total. The Morgan fingerprint density at radius 3 is 2.53 bits per heavy atom. The number of benzene rings is 1. The molecule has 2 aromatic heterocycles. The summed E-state index contributed by atoms with van der Waals surface area (Å²) in [6.45, 7) is 9.11. The predicted molar refractivity (Wildman–Crippen MR) is 108 cm³/mol. The minimum atomic E-state index is -2.76. The Morgan fingerprint density at radius 1 is 1.20 bits per heavy atom. The van der Waals surface area contributed by atoms with Gasteiger partial charge in [0.05, 0.1) is 0 Å². The number of anilines is 1. The predicted octanol–water partition coefficient (Wildman–Crippen LogP) is 3.34. The lowest BCUT2D eigenvalue weighted by atomic mass is 10.3. The second kappa shape index (κ2) is 9.57. The summed E-state index contributed by atoms with van der Waals surface area (Å²) in [5.41, 5.74) is 0.511. The summed E-state index contributed by atoms with van der Waals surface area (Å²) in [6, 6.07) is 8.08. The molecule has 160 valence electrons. The summed E-state index contributed by atoms with van der Waals surface area (Å²) in [6.07, 6.45) is -2.76. The minimum Gasteiger partial charge on any atom is -0.492 e. The largest absolute Gasteiger partial charge is 0.492 e. The number of halogens is 2. The van der Waals surface area contributed by atoms with E-state index >= 15 is 0 Å². The van der Waals surface area contributed by atoms with E-state index in [2.05, 4.69) is 39.1 Å². The number of aryl methyl sites for hydroxylation is 1. The first-order chi connectivity index (χ1) is 14.4. The molecule has 0 unspecified atom stereocenters. The zero-order valence-corrected chi connectivity index (χ0v) is 17.1. The molecule has 0 saturated heterocycles. The maximum absolute atomic E-state index is 13.2. The lowest BCUT2D eigenvalue weighted by molar-refractivity contribution is 0.101. The molecule has 0 aliphatic carbocycles. The van der Waals surface area contributed by atoms with Crippen molar-refractivity contribution in [1.29, 1.82) is 0 Å². The van der Waals surface area contributed by atoms with E-state index in [0.29, 0.717) is 23.7 Å². The van der Waals surface area contributed by atoms with Gasteiger partial charge in [-0.05, 0) is 50.3 Å². The van der Waals surface area contributed by atoms with Crippen molar-refractivity contribution in [3.8, 4) is 5.75 Å². The molecule has 10 heteroatoms. The molecular weight excluding hydrogens is 394 g/mol. The van der Waals surface area contributed by atoms with Crippen LogP contribution in [-0.2, 0) is 0 Å². The Morgan fingerprint density at radius 2 is 1.90 bits per heavy atom. The number of carbonyl (C=O) groups excluding carboxylic acids is 1. The Kier molecular flexibility index (Phi) is 6.88. The number of ether oxygens (including phenoxy) is 1. The number of rotatable bonds is 9. The smallest absolute Gasteiger partial charge is 0.295 e. The fourth-order valence-electron chi connectivity index (χ4n) is 2.92. The Labute approximate surface area is 172 Å². The van der Waals surface area contributed by atoms with Crippen LogP contribution in [-0.4, -0.2) is 56.6 Å². The molecule has 0 radical (unpaired) electrons. The van der Waals surface area contributed by atoms with Gasteiger partial charge in [-0.3, -0.25) is 4.79 Å². The van der Waals surface area contributed by atoms with E-state index in [4.69, 9.17) is 4.74 Å².